The number of carbonyl (C=O) groups is 1. The first-order valence-electron chi connectivity index (χ1n) is 7.94. The normalized spacial score (nSPS) is 17.0. The van der Waals surface area contributed by atoms with E-state index < -0.39 is 0 Å². The molecule has 1 aliphatic carbocycles. The summed E-state index contributed by atoms with van der Waals surface area (Å²) in [6, 6.07) is 6.00. The van der Waals surface area contributed by atoms with Crippen LogP contribution in [0.1, 0.15) is 50.5 Å². The van der Waals surface area contributed by atoms with Gasteiger partial charge in [0.2, 0.25) is 5.91 Å². The molecule has 0 aliphatic heterocycles. The maximum Gasteiger partial charge on any atom is 0.238 e. The number of aryl methyl sites for hydroxylation is 1. The fraction of sp³-hybridized carbons (Fsp3) is 0.588. The summed E-state index contributed by atoms with van der Waals surface area (Å²) in [5.74, 6) is 0.0162. The van der Waals surface area contributed by atoms with Crippen molar-refractivity contribution < 1.29 is 4.79 Å². The zero-order valence-corrected chi connectivity index (χ0v) is 13.5. The summed E-state index contributed by atoms with van der Waals surface area (Å²) in [6.07, 6.45) is 8.94. The number of halogens is 1. The lowest BCUT2D eigenvalue weighted by Gasteiger charge is -2.21. The number of amides is 1. The fourth-order valence-corrected chi connectivity index (χ4v) is 3.09. The quantitative estimate of drug-likeness (QED) is 0.871. The Morgan fingerprint density at radius 2 is 1.86 bits per heavy atom. The third-order valence-corrected chi connectivity index (χ3v) is 4.35. The SMILES string of the molecule is Cc1cc(Cl)ccc1NC(=O)CNC1CCCCCCC1. The van der Waals surface area contributed by atoms with E-state index in [-0.39, 0.29) is 5.91 Å². The number of hydrogen-bond donors (Lipinski definition) is 2. The fourth-order valence-electron chi connectivity index (χ4n) is 2.86. The minimum absolute atomic E-state index is 0.0162. The maximum atomic E-state index is 12.0. The van der Waals surface area contributed by atoms with Crippen LogP contribution in [-0.4, -0.2) is 18.5 Å². The molecule has 0 radical (unpaired) electrons. The maximum absolute atomic E-state index is 12.0. The lowest BCUT2D eigenvalue weighted by molar-refractivity contribution is -0.115. The van der Waals surface area contributed by atoms with Gasteiger partial charge < -0.3 is 10.6 Å². The van der Waals surface area contributed by atoms with Gasteiger partial charge >= 0.3 is 0 Å². The molecule has 1 aliphatic rings. The Bertz CT molecular complexity index is 468. The monoisotopic (exact) mass is 308 g/mol. The summed E-state index contributed by atoms with van der Waals surface area (Å²) in [5.41, 5.74) is 1.82. The summed E-state index contributed by atoms with van der Waals surface area (Å²) >= 11 is 5.92. The van der Waals surface area contributed by atoms with Crippen LogP contribution in [-0.2, 0) is 4.79 Å². The molecule has 4 heteroatoms. The molecule has 1 fully saturated rings. The Kier molecular flexibility index (Phi) is 6.52. The van der Waals surface area contributed by atoms with E-state index in [2.05, 4.69) is 10.6 Å². The number of anilines is 1. The van der Waals surface area contributed by atoms with Crippen LogP contribution in [0.4, 0.5) is 5.69 Å². The zero-order chi connectivity index (χ0) is 15.1. The van der Waals surface area contributed by atoms with E-state index in [1.807, 2.05) is 19.1 Å². The molecular formula is C17H25ClN2O. The highest BCUT2D eigenvalue weighted by Crippen LogP contribution is 2.20. The smallest absolute Gasteiger partial charge is 0.238 e. The van der Waals surface area contributed by atoms with Crippen molar-refractivity contribution in [1.82, 2.24) is 5.32 Å². The average molecular weight is 309 g/mol. The molecule has 0 spiro atoms. The molecule has 1 amide bonds. The average Bonchev–Trinajstić information content (AvgIpc) is 2.41. The predicted molar refractivity (Wildman–Crippen MR) is 88.9 cm³/mol. The Morgan fingerprint density at radius 3 is 2.52 bits per heavy atom. The van der Waals surface area contributed by atoms with Gasteiger partial charge in [-0.05, 0) is 43.5 Å². The first kappa shape index (κ1) is 16.3. The van der Waals surface area contributed by atoms with E-state index in [4.69, 9.17) is 11.6 Å². The minimum Gasteiger partial charge on any atom is -0.325 e. The Morgan fingerprint density at radius 1 is 1.19 bits per heavy atom. The van der Waals surface area contributed by atoms with Crippen molar-refractivity contribution in [3.05, 3.63) is 28.8 Å². The second-order valence-corrected chi connectivity index (χ2v) is 6.37. The zero-order valence-electron chi connectivity index (χ0n) is 12.8. The van der Waals surface area contributed by atoms with Crippen molar-refractivity contribution in [2.45, 2.75) is 57.9 Å². The first-order chi connectivity index (χ1) is 10.1. The molecule has 1 aromatic carbocycles. The first-order valence-corrected chi connectivity index (χ1v) is 8.32. The Hall–Kier alpha value is -1.06. The molecule has 0 saturated heterocycles. The molecular weight excluding hydrogens is 284 g/mol. The third kappa shape index (κ3) is 5.68. The summed E-state index contributed by atoms with van der Waals surface area (Å²) < 4.78 is 0. The lowest BCUT2D eigenvalue weighted by atomic mass is 9.97. The predicted octanol–water partition coefficient (Wildman–Crippen LogP) is 4.29. The highest BCUT2D eigenvalue weighted by Gasteiger charge is 2.12. The van der Waals surface area contributed by atoms with Crippen LogP contribution < -0.4 is 10.6 Å². The summed E-state index contributed by atoms with van der Waals surface area (Å²) in [6.45, 7) is 2.33. The summed E-state index contributed by atoms with van der Waals surface area (Å²) in [4.78, 5) is 12.0. The van der Waals surface area contributed by atoms with E-state index >= 15 is 0 Å². The standard InChI is InChI=1S/C17H25ClN2O/c1-13-11-14(18)9-10-16(13)20-17(21)12-19-15-7-5-3-2-4-6-8-15/h9-11,15,19H,2-8,12H2,1H3,(H,20,21). The number of hydrogen-bond acceptors (Lipinski definition) is 2. The molecule has 0 heterocycles. The summed E-state index contributed by atoms with van der Waals surface area (Å²) in [5, 5.41) is 7.04. The van der Waals surface area contributed by atoms with E-state index in [9.17, 15) is 4.79 Å². The molecule has 3 nitrogen and oxygen atoms in total. The number of rotatable bonds is 4. The molecule has 2 N–H and O–H groups in total. The van der Waals surface area contributed by atoms with Gasteiger partial charge in [0.05, 0.1) is 6.54 Å². The number of nitrogens with one attached hydrogen (secondary N) is 2. The van der Waals surface area contributed by atoms with Crippen molar-refractivity contribution in [2.24, 2.45) is 0 Å². The highest BCUT2D eigenvalue weighted by molar-refractivity contribution is 6.30. The van der Waals surface area contributed by atoms with E-state index in [0.29, 0.717) is 17.6 Å². The van der Waals surface area contributed by atoms with Crippen LogP contribution in [0.15, 0.2) is 18.2 Å². The van der Waals surface area contributed by atoms with Gasteiger partial charge in [0.15, 0.2) is 0 Å². The van der Waals surface area contributed by atoms with Crippen molar-refractivity contribution in [1.29, 1.82) is 0 Å². The minimum atomic E-state index is 0.0162. The van der Waals surface area contributed by atoms with E-state index in [1.165, 1.54) is 44.9 Å². The van der Waals surface area contributed by atoms with Gasteiger partial charge in [-0.2, -0.15) is 0 Å². The molecule has 0 atom stereocenters. The van der Waals surface area contributed by atoms with Crippen LogP contribution >= 0.6 is 11.6 Å². The second kappa shape index (κ2) is 8.40. The largest absolute Gasteiger partial charge is 0.325 e. The topological polar surface area (TPSA) is 41.1 Å². The van der Waals surface area contributed by atoms with Crippen molar-refractivity contribution >= 4 is 23.2 Å². The van der Waals surface area contributed by atoms with Gasteiger partial charge in [-0.25, -0.2) is 0 Å². The van der Waals surface area contributed by atoms with Gasteiger partial charge in [-0.1, -0.05) is 43.7 Å². The Labute approximate surface area is 132 Å². The van der Waals surface area contributed by atoms with Gasteiger partial charge in [0.25, 0.3) is 0 Å². The molecule has 0 bridgehead atoms. The molecule has 1 saturated carbocycles. The Balaban J connectivity index is 1.78. The van der Waals surface area contributed by atoms with Gasteiger partial charge in [-0.15, -0.1) is 0 Å². The van der Waals surface area contributed by atoms with Crippen LogP contribution in [0, 0.1) is 6.92 Å². The molecule has 1 aromatic rings. The van der Waals surface area contributed by atoms with Gasteiger partial charge in [0, 0.05) is 16.8 Å². The van der Waals surface area contributed by atoms with Crippen LogP contribution in [0.2, 0.25) is 5.02 Å². The second-order valence-electron chi connectivity index (χ2n) is 5.93. The van der Waals surface area contributed by atoms with E-state index in [1.54, 1.807) is 6.07 Å². The van der Waals surface area contributed by atoms with Crippen LogP contribution in [0.5, 0.6) is 0 Å². The lowest BCUT2D eigenvalue weighted by Crippen LogP contribution is -2.36. The summed E-state index contributed by atoms with van der Waals surface area (Å²) in [7, 11) is 0. The van der Waals surface area contributed by atoms with Gasteiger partial charge in [-0.3, -0.25) is 4.79 Å². The highest BCUT2D eigenvalue weighted by atomic mass is 35.5. The van der Waals surface area contributed by atoms with Crippen LogP contribution in [0.25, 0.3) is 0 Å². The third-order valence-electron chi connectivity index (χ3n) is 4.12. The molecule has 0 unspecified atom stereocenters. The number of benzene rings is 1. The van der Waals surface area contributed by atoms with Gasteiger partial charge in [0.1, 0.15) is 0 Å². The van der Waals surface area contributed by atoms with Crippen molar-refractivity contribution in [2.75, 3.05) is 11.9 Å². The van der Waals surface area contributed by atoms with Crippen LogP contribution in [0.3, 0.4) is 0 Å². The number of carbonyl (C=O) groups excluding carboxylic acids is 1. The molecule has 2 rings (SSSR count). The molecule has 116 valence electrons. The molecule has 21 heavy (non-hydrogen) atoms. The molecule has 0 aromatic heterocycles. The van der Waals surface area contributed by atoms with Crippen molar-refractivity contribution in [3.63, 3.8) is 0 Å². The van der Waals surface area contributed by atoms with E-state index in [0.717, 1.165) is 11.3 Å². The van der Waals surface area contributed by atoms with Crippen molar-refractivity contribution in [3.8, 4) is 0 Å².